The first-order chi connectivity index (χ1) is 10.0. The minimum absolute atomic E-state index is 0.0648. The quantitative estimate of drug-likeness (QED) is 0.638. The number of likely N-dealkylation sites (N-methyl/N-ethyl adjacent to an activating group) is 2. The van der Waals surface area contributed by atoms with E-state index in [4.69, 9.17) is 0 Å². The molecule has 7 nitrogen and oxygen atoms in total. The van der Waals surface area contributed by atoms with Crippen molar-refractivity contribution in [1.29, 1.82) is 0 Å². The molecule has 1 unspecified atom stereocenters. The van der Waals surface area contributed by atoms with Gasteiger partial charge in [0.05, 0.1) is 17.1 Å². The molecule has 1 aromatic heterocycles. The summed E-state index contributed by atoms with van der Waals surface area (Å²) in [6, 6.07) is 3.48. The van der Waals surface area contributed by atoms with Crippen LogP contribution in [-0.2, 0) is 0 Å². The van der Waals surface area contributed by atoms with Gasteiger partial charge in [0, 0.05) is 26.7 Å². The molecule has 0 aromatic carbocycles. The normalized spacial score (nSPS) is 18.7. The van der Waals surface area contributed by atoms with Crippen molar-refractivity contribution in [3.8, 4) is 0 Å². The van der Waals surface area contributed by atoms with Crippen LogP contribution in [0.2, 0.25) is 0 Å². The SMILES string of the molecule is CCN1CCCC1CN(C)c1cc([N+](=O)[O-])cc(NC)n1. The summed E-state index contributed by atoms with van der Waals surface area (Å²) in [5.41, 5.74) is 0.0648. The Hall–Kier alpha value is -1.89. The van der Waals surface area contributed by atoms with Gasteiger partial charge in [0.2, 0.25) is 0 Å². The molecule has 1 fully saturated rings. The molecule has 1 aliphatic heterocycles. The fourth-order valence-electron chi connectivity index (χ4n) is 2.86. The largest absolute Gasteiger partial charge is 0.373 e. The van der Waals surface area contributed by atoms with Crippen LogP contribution in [0.4, 0.5) is 17.3 Å². The molecule has 1 atom stereocenters. The van der Waals surface area contributed by atoms with E-state index in [-0.39, 0.29) is 10.6 Å². The van der Waals surface area contributed by atoms with Gasteiger partial charge in [-0.1, -0.05) is 6.92 Å². The first-order valence-electron chi connectivity index (χ1n) is 7.34. The Morgan fingerprint density at radius 3 is 2.95 bits per heavy atom. The fraction of sp³-hybridized carbons (Fsp3) is 0.643. The zero-order chi connectivity index (χ0) is 15.4. The van der Waals surface area contributed by atoms with Gasteiger partial charge in [0.1, 0.15) is 11.6 Å². The summed E-state index contributed by atoms with van der Waals surface area (Å²) < 4.78 is 0. The number of pyridine rings is 1. The lowest BCUT2D eigenvalue weighted by Crippen LogP contribution is -2.39. The number of nitrogens with zero attached hydrogens (tertiary/aromatic N) is 4. The summed E-state index contributed by atoms with van der Waals surface area (Å²) in [7, 11) is 3.66. The Kier molecular flexibility index (Phi) is 4.95. The monoisotopic (exact) mass is 293 g/mol. The zero-order valence-electron chi connectivity index (χ0n) is 12.9. The van der Waals surface area contributed by atoms with Crippen LogP contribution >= 0.6 is 0 Å². The predicted molar refractivity (Wildman–Crippen MR) is 84.0 cm³/mol. The van der Waals surface area contributed by atoms with Crippen LogP contribution in [0.5, 0.6) is 0 Å². The molecule has 1 aromatic rings. The molecule has 0 aliphatic carbocycles. The topological polar surface area (TPSA) is 74.5 Å². The van der Waals surface area contributed by atoms with Gasteiger partial charge < -0.3 is 10.2 Å². The highest BCUT2D eigenvalue weighted by Gasteiger charge is 2.25. The van der Waals surface area contributed by atoms with Crippen molar-refractivity contribution < 1.29 is 4.92 Å². The zero-order valence-corrected chi connectivity index (χ0v) is 12.9. The molecule has 0 bridgehead atoms. The average molecular weight is 293 g/mol. The number of nitro groups is 1. The van der Waals surface area contributed by atoms with Crippen LogP contribution in [0.1, 0.15) is 19.8 Å². The molecule has 7 heteroatoms. The van der Waals surface area contributed by atoms with Crippen LogP contribution in [0.25, 0.3) is 0 Å². The molecule has 0 spiro atoms. The molecule has 2 rings (SSSR count). The summed E-state index contributed by atoms with van der Waals surface area (Å²) in [5, 5.41) is 13.9. The number of hydrogen-bond acceptors (Lipinski definition) is 6. The second kappa shape index (κ2) is 6.71. The van der Waals surface area contributed by atoms with Gasteiger partial charge in [-0.25, -0.2) is 4.98 Å². The van der Waals surface area contributed by atoms with E-state index < -0.39 is 0 Å². The molecule has 1 aliphatic rings. The molecule has 0 radical (unpaired) electrons. The van der Waals surface area contributed by atoms with Crippen LogP contribution in [0, 0.1) is 10.1 Å². The Morgan fingerprint density at radius 2 is 2.33 bits per heavy atom. The maximum atomic E-state index is 11.0. The van der Waals surface area contributed by atoms with Crippen molar-refractivity contribution in [1.82, 2.24) is 9.88 Å². The van der Waals surface area contributed by atoms with Gasteiger partial charge in [-0.2, -0.15) is 0 Å². The summed E-state index contributed by atoms with van der Waals surface area (Å²) in [5.74, 6) is 1.15. The average Bonchev–Trinajstić information content (AvgIpc) is 2.93. The number of nitrogens with one attached hydrogen (secondary N) is 1. The Bertz CT molecular complexity index is 508. The molecule has 0 amide bonds. The van der Waals surface area contributed by atoms with Gasteiger partial charge >= 0.3 is 0 Å². The fourth-order valence-corrected chi connectivity index (χ4v) is 2.86. The minimum Gasteiger partial charge on any atom is -0.373 e. The Labute approximate surface area is 125 Å². The Morgan fingerprint density at radius 1 is 1.57 bits per heavy atom. The highest BCUT2D eigenvalue weighted by molar-refractivity contribution is 5.55. The number of anilines is 2. The first-order valence-corrected chi connectivity index (χ1v) is 7.34. The van der Waals surface area contributed by atoms with Crippen molar-refractivity contribution >= 4 is 17.3 Å². The molecule has 0 saturated carbocycles. The smallest absolute Gasteiger partial charge is 0.276 e. The lowest BCUT2D eigenvalue weighted by atomic mass is 10.2. The molecular weight excluding hydrogens is 270 g/mol. The van der Waals surface area contributed by atoms with Crippen molar-refractivity contribution in [3.63, 3.8) is 0 Å². The second-order valence-electron chi connectivity index (χ2n) is 5.38. The van der Waals surface area contributed by atoms with Crippen LogP contribution in [0.3, 0.4) is 0 Å². The van der Waals surface area contributed by atoms with Gasteiger partial charge in [0.25, 0.3) is 5.69 Å². The Balaban J connectivity index is 2.16. The lowest BCUT2D eigenvalue weighted by molar-refractivity contribution is -0.384. The third kappa shape index (κ3) is 3.60. The van der Waals surface area contributed by atoms with E-state index in [0.29, 0.717) is 17.7 Å². The van der Waals surface area contributed by atoms with E-state index in [2.05, 4.69) is 22.1 Å². The van der Waals surface area contributed by atoms with Gasteiger partial charge in [-0.15, -0.1) is 0 Å². The summed E-state index contributed by atoms with van der Waals surface area (Å²) in [6.45, 7) is 5.19. The van der Waals surface area contributed by atoms with E-state index >= 15 is 0 Å². The number of rotatable bonds is 6. The first kappa shape index (κ1) is 15.5. The van der Waals surface area contributed by atoms with E-state index in [0.717, 1.165) is 19.6 Å². The van der Waals surface area contributed by atoms with E-state index in [9.17, 15) is 10.1 Å². The van der Waals surface area contributed by atoms with Crippen molar-refractivity contribution in [2.45, 2.75) is 25.8 Å². The third-order valence-corrected chi connectivity index (χ3v) is 4.04. The highest BCUT2D eigenvalue weighted by Crippen LogP contribution is 2.24. The number of aromatic nitrogens is 1. The minimum atomic E-state index is -0.381. The van der Waals surface area contributed by atoms with E-state index in [1.807, 2.05) is 11.9 Å². The van der Waals surface area contributed by atoms with Crippen LogP contribution in [0.15, 0.2) is 12.1 Å². The summed E-state index contributed by atoms with van der Waals surface area (Å²) in [4.78, 5) is 19.5. The van der Waals surface area contributed by atoms with E-state index in [1.165, 1.54) is 25.0 Å². The predicted octanol–water partition coefficient (Wildman–Crippen LogP) is 1.95. The number of likely N-dealkylation sites (tertiary alicyclic amines) is 1. The van der Waals surface area contributed by atoms with Crippen molar-refractivity contribution in [2.24, 2.45) is 0 Å². The molecule has 116 valence electrons. The number of hydrogen-bond donors (Lipinski definition) is 1. The summed E-state index contributed by atoms with van der Waals surface area (Å²) >= 11 is 0. The molecule has 2 heterocycles. The van der Waals surface area contributed by atoms with Crippen LogP contribution < -0.4 is 10.2 Å². The molecule has 21 heavy (non-hydrogen) atoms. The maximum absolute atomic E-state index is 11.0. The van der Waals surface area contributed by atoms with E-state index in [1.54, 1.807) is 7.05 Å². The van der Waals surface area contributed by atoms with Gasteiger partial charge in [-0.3, -0.25) is 15.0 Å². The van der Waals surface area contributed by atoms with Gasteiger partial charge in [-0.05, 0) is 25.9 Å². The molecular formula is C14H23N5O2. The van der Waals surface area contributed by atoms with Gasteiger partial charge in [0.15, 0.2) is 0 Å². The molecule has 1 saturated heterocycles. The third-order valence-electron chi connectivity index (χ3n) is 4.04. The van der Waals surface area contributed by atoms with Crippen molar-refractivity contribution in [2.75, 3.05) is 43.9 Å². The van der Waals surface area contributed by atoms with Crippen LogP contribution in [-0.4, -0.2) is 54.6 Å². The molecule has 1 N–H and O–H groups in total. The summed E-state index contributed by atoms with van der Waals surface area (Å²) in [6.07, 6.45) is 2.39. The second-order valence-corrected chi connectivity index (χ2v) is 5.38. The standard InChI is InChI=1S/C14H23N5O2/c1-4-18-7-5-6-11(18)10-17(3)14-9-12(19(20)21)8-13(15-2)16-14/h8-9,11H,4-7,10H2,1-3H3,(H,15,16). The van der Waals surface area contributed by atoms with Crippen molar-refractivity contribution in [3.05, 3.63) is 22.2 Å². The highest BCUT2D eigenvalue weighted by atomic mass is 16.6. The lowest BCUT2D eigenvalue weighted by Gasteiger charge is -2.28. The maximum Gasteiger partial charge on any atom is 0.276 e.